The van der Waals surface area contributed by atoms with Crippen molar-refractivity contribution < 1.29 is 4.74 Å². The predicted octanol–water partition coefficient (Wildman–Crippen LogP) is 2.31. The molecule has 0 saturated carbocycles. The smallest absolute Gasteiger partial charge is 0.233 e. The second-order valence-corrected chi connectivity index (χ2v) is 4.28. The number of hydrogen-bond donors (Lipinski definition) is 3. The van der Waals surface area contributed by atoms with E-state index in [4.69, 9.17) is 16.3 Å². The summed E-state index contributed by atoms with van der Waals surface area (Å²) in [4.78, 5) is 0. The van der Waals surface area contributed by atoms with Crippen molar-refractivity contribution in [1.29, 1.82) is 0 Å². The van der Waals surface area contributed by atoms with Crippen molar-refractivity contribution in [2.75, 3.05) is 17.7 Å². The average molecular weight is 217 g/mol. The number of hydrogen-bond acceptors (Lipinski definition) is 4. The molecule has 0 bridgehead atoms. The lowest BCUT2D eigenvalue weighted by Crippen LogP contribution is -2.27. The Morgan fingerprint density at radius 3 is 2.77 bits per heavy atom. The molecular weight excluding hydrogens is 208 g/mol. The van der Waals surface area contributed by atoms with E-state index in [1.807, 2.05) is 18.2 Å². The Labute approximate surface area is 86.8 Å². The number of rotatable bonds is 1. The molecule has 0 spiro atoms. The van der Waals surface area contributed by atoms with Crippen LogP contribution in [0.3, 0.4) is 0 Å². The molecule has 0 radical (unpaired) electrons. The molecule has 1 aliphatic heterocycles. The first-order valence-corrected chi connectivity index (χ1v) is 4.59. The molecular formula is C8H9ClN2OS. The van der Waals surface area contributed by atoms with Gasteiger partial charge >= 0.3 is 0 Å². The molecule has 0 amide bonds. The molecule has 0 aliphatic carbocycles. The van der Waals surface area contributed by atoms with Gasteiger partial charge in [0.15, 0.2) is 0 Å². The average Bonchev–Trinajstić information content (AvgIpc) is 2.36. The van der Waals surface area contributed by atoms with E-state index in [-0.39, 0.29) is 0 Å². The van der Waals surface area contributed by atoms with Gasteiger partial charge in [-0.3, -0.25) is 0 Å². The lowest BCUT2D eigenvalue weighted by atomic mass is 10.2. The molecule has 1 aliphatic rings. The molecule has 13 heavy (non-hydrogen) atoms. The number of anilines is 2. The summed E-state index contributed by atoms with van der Waals surface area (Å²) in [5, 5.41) is 5.97. The van der Waals surface area contributed by atoms with Gasteiger partial charge in [0.05, 0.1) is 18.5 Å². The van der Waals surface area contributed by atoms with E-state index in [2.05, 4.69) is 23.3 Å². The zero-order valence-corrected chi connectivity index (χ0v) is 8.62. The number of benzene rings is 1. The Bertz CT molecular complexity index is 343. The summed E-state index contributed by atoms with van der Waals surface area (Å²) in [6.45, 7) is 0. The number of fused-ring (bicyclic) bond motifs is 1. The molecule has 1 aromatic carbocycles. The summed E-state index contributed by atoms with van der Waals surface area (Å²) in [5.74, 6) is 0.788. The van der Waals surface area contributed by atoms with Gasteiger partial charge in [-0.15, -0.1) is 12.6 Å². The Balaban J connectivity index is 2.36. The van der Waals surface area contributed by atoms with Gasteiger partial charge < -0.3 is 15.4 Å². The summed E-state index contributed by atoms with van der Waals surface area (Å²) in [6, 6.07) is 5.61. The third-order valence-electron chi connectivity index (χ3n) is 1.83. The van der Waals surface area contributed by atoms with Crippen LogP contribution in [0.5, 0.6) is 5.75 Å². The van der Waals surface area contributed by atoms with Gasteiger partial charge in [0, 0.05) is 6.07 Å². The first-order valence-electron chi connectivity index (χ1n) is 3.76. The maximum atomic E-state index is 5.93. The van der Waals surface area contributed by atoms with Gasteiger partial charge in [0.1, 0.15) is 5.75 Å². The molecule has 3 nitrogen and oxygen atoms in total. The van der Waals surface area contributed by atoms with Crippen LogP contribution in [0.15, 0.2) is 18.2 Å². The molecule has 1 unspecified atom stereocenters. The number of ether oxygens (including phenoxy) is 1. The van der Waals surface area contributed by atoms with Gasteiger partial charge in [-0.1, -0.05) is 11.6 Å². The van der Waals surface area contributed by atoms with Crippen LogP contribution in [0.1, 0.15) is 0 Å². The Morgan fingerprint density at radius 1 is 1.38 bits per heavy atom. The molecule has 1 atom stereocenters. The number of methoxy groups -OCH3 is 1. The van der Waals surface area contributed by atoms with Crippen molar-refractivity contribution in [3.63, 3.8) is 0 Å². The minimum atomic E-state index is -0.894. The predicted molar refractivity (Wildman–Crippen MR) is 57.8 cm³/mol. The van der Waals surface area contributed by atoms with E-state index in [0.717, 1.165) is 17.1 Å². The second kappa shape index (κ2) is 2.89. The fourth-order valence-corrected chi connectivity index (χ4v) is 1.70. The van der Waals surface area contributed by atoms with Crippen molar-refractivity contribution in [1.82, 2.24) is 0 Å². The van der Waals surface area contributed by atoms with Crippen LogP contribution in [0.4, 0.5) is 11.4 Å². The van der Waals surface area contributed by atoms with Gasteiger partial charge in [0.25, 0.3) is 0 Å². The molecule has 1 heterocycles. The minimum absolute atomic E-state index is 0.788. The zero-order valence-electron chi connectivity index (χ0n) is 6.97. The highest BCUT2D eigenvalue weighted by molar-refractivity contribution is 7.83. The van der Waals surface area contributed by atoms with E-state index in [1.54, 1.807) is 7.11 Å². The maximum absolute atomic E-state index is 5.93. The molecule has 0 fully saturated rings. The molecule has 0 aromatic heterocycles. The zero-order chi connectivity index (χ0) is 9.47. The third kappa shape index (κ3) is 1.64. The van der Waals surface area contributed by atoms with Crippen molar-refractivity contribution in [2.24, 2.45) is 0 Å². The quantitative estimate of drug-likeness (QED) is 0.383. The normalized spacial score (nSPS) is 24.5. The van der Waals surface area contributed by atoms with Crippen LogP contribution in [-0.4, -0.2) is 11.6 Å². The summed E-state index contributed by atoms with van der Waals surface area (Å²) in [5.41, 5.74) is 1.81. The van der Waals surface area contributed by atoms with E-state index in [9.17, 15) is 0 Å². The summed E-state index contributed by atoms with van der Waals surface area (Å²) >= 11 is 10.1. The largest absolute Gasteiger partial charge is 0.497 e. The van der Waals surface area contributed by atoms with Crippen molar-refractivity contribution in [3.05, 3.63) is 18.2 Å². The minimum Gasteiger partial charge on any atom is -0.497 e. The fourth-order valence-electron chi connectivity index (χ4n) is 1.25. The molecule has 5 heteroatoms. The molecule has 2 rings (SSSR count). The van der Waals surface area contributed by atoms with Crippen LogP contribution in [-0.2, 0) is 0 Å². The molecule has 1 aromatic rings. The van der Waals surface area contributed by atoms with E-state index in [0.29, 0.717) is 0 Å². The Kier molecular flexibility index (Phi) is 1.96. The summed E-state index contributed by atoms with van der Waals surface area (Å²) in [6.07, 6.45) is 0. The molecule has 0 saturated heterocycles. The van der Waals surface area contributed by atoms with Crippen LogP contribution >= 0.6 is 24.2 Å². The van der Waals surface area contributed by atoms with Crippen LogP contribution in [0.2, 0.25) is 0 Å². The Morgan fingerprint density at radius 2 is 2.08 bits per heavy atom. The van der Waals surface area contributed by atoms with Gasteiger partial charge in [-0.05, 0) is 12.1 Å². The first-order chi connectivity index (χ1) is 6.11. The van der Waals surface area contributed by atoms with Crippen molar-refractivity contribution >= 4 is 35.6 Å². The van der Waals surface area contributed by atoms with E-state index in [1.165, 1.54) is 0 Å². The highest BCUT2D eigenvalue weighted by atomic mass is 35.5. The van der Waals surface area contributed by atoms with Crippen molar-refractivity contribution in [3.8, 4) is 5.75 Å². The number of nitrogens with one attached hydrogen (secondary N) is 2. The fraction of sp³-hybridized carbons (Fsp3) is 0.250. The summed E-state index contributed by atoms with van der Waals surface area (Å²) < 4.78 is 4.18. The monoisotopic (exact) mass is 216 g/mol. The topological polar surface area (TPSA) is 33.3 Å². The first kappa shape index (κ1) is 8.84. The molecule has 70 valence electrons. The Hall–Kier alpha value is -0.740. The standard InChI is InChI=1S/C8H9ClN2OS/c1-12-5-2-3-6-7(4-5)11-8(9,13)10-6/h2-4,10-11,13H,1H3. The lowest BCUT2D eigenvalue weighted by Gasteiger charge is -2.14. The number of alkyl halides is 1. The lowest BCUT2D eigenvalue weighted by molar-refractivity contribution is 0.415. The van der Waals surface area contributed by atoms with Crippen molar-refractivity contribution in [2.45, 2.75) is 4.45 Å². The van der Waals surface area contributed by atoms with Gasteiger partial charge in [0.2, 0.25) is 4.45 Å². The van der Waals surface area contributed by atoms with Crippen LogP contribution in [0.25, 0.3) is 0 Å². The summed E-state index contributed by atoms with van der Waals surface area (Å²) in [7, 11) is 1.62. The third-order valence-corrected chi connectivity index (χ3v) is 2.24. The van der Waals surface area contributed by atoms with Crippen LogP contribution in [0, 0.1) is 0 Å². The SMILES string of the molecule is COc1ccc2c(c1)NC(S)(Cl)N2. The molecule has 2 N–H and O–H groups in total. The maximum Gasteiger partial charge on any atom is 0.233 e. The van der Waals surface area contributed by atoms with Gasteiger partial charge in [-0.2, -0.15) is 0 Å². The number of halogens is 1. The number of thiol groups is 1. The van der Waals surface area contributed by atoms with E-state index < -0.39 is 4.45 Å². The van der Waals surface area contributed by atoms with E-state index >= 15 is 0 Å². The van der Waals surface area contributed by atoms with Gasteiger partial charge in [-0.25, -0.2) is 0 Å². The highest BCUT2D eigenvalue weighted by Gasteiger charge is 2.29. The highest BCUT2D eigenvalue weighted by Crippen LogP contribution is 2.39. The van der Waals surface area contributed by atoms with Crippen LogP contribution < -0.4 is 15.4 Å². The second-order valence-electron chi connectivity index (χ2n) is 2.78.